The fourth-order valence-electron chi connectivity index (χ4n) is 2.73. The monoisotopic (exact) mass is 407 g/mol. The minimum absolute atomic E-state index is 0.0794. The lowest BCUT2D eigenvalue weighted by Gasteiger charge is -2.05. The number of aromatic nitrogens is 1. The highest BCUT2D eigenvalue weighted by Gasteiger charge is 2.11. The summed E-state index contributed by atoms with van der Waals surface area (Å²) < 4.78 is 10.7. The van der Waals surface area contributed by atoms with Crippen LogP contribution in [0, 0.1) is 0 Å². The molecule has 2 heterocycles. The quantitative estimate of drug-likeness (QED) is 0.278. The summed E-state index contributed by atoms with van der Waals surface area (Å²) in [6.07, 6.45) is 1.59. The number of anilines is 1. The molecule has 0 aliphatic heterocycles. The number of aromatic hydroxyl groups is 1. The van der Waals surface area contributed by atoms with Gasteiger partial charge in [0.25, 0.3) is 0 Å². The molecule has 4 aromatic rings. The number of nitrogens with zero attached hydrogens (tertiary/aromatic N) is 2. The normalized spacial score (nSPS) is 11.2. The van der Waals surface area contributed by atoms with E-state index in [9.17, 15) is 9.90 Å². The van der Waals surface area contributed by atoms with Crippen LogP contribution in [0.3, 0.4) is 0 Å². The summed E-state index contributed by atoms with van der Waals surface area (Å²) in [4.78, 5) is 16.7. The van der Waals surface area contributed by atoms with Crippen molar-refractivity contribution in [1.82, 2.24) is 4.98 Å². The van der Waals surface area contributed by atoms with Gasteiger partial charge in [-0.25, -0.2) is 9.78 Å². The van der Waals surface area contributed by atoms with E-state index in [0.29, 0.717) is 34.3 Å². The van der Waals surface area contributed by atoms with Gasteiger partial charge in [-0.1, -0.05) is 18.2 Å². The molecule has 0 spiro atoms. The predicted molar refractivity (Wildman–Crippen MR) is 114 cm³/mol. The number of phenolic OH excluding ortho intramolecular Hbond substituents is 1. The summed E-state index contributed by atoms with van der Waals surface area (Å²) in [7, 11) is 0. The molecule has 2 N–H and O–H groups in total. The molecule has 0 aliphatic rings. The van der Waals surface area contributed by atoms with E-state index in [1.165, 1.54) is 11.3 Å². The first kappa shape index (κ1) is 18.7. The molecular formula is C21H17N3O4S. The lowest BCUT2D eigenvalue weighted by atomic mass is 10.1. The fourth-order valence-corrected chi connectivity index (χ4v) is 3.39. The number of hydrogen-bond acceptors (Lipinski definition) is 8. The molecule has 0 unspecified atom stereocenters. The summed E-state index contributed by atoms with van der Waals surface area (Å²) in [5.74, 6) is 0.478. The summed E-state index contributed by atoms with van der Waals surface area (Å²) in [6, 6.07) is 14.1. The molecular weight excluding hydrogens is 390 g/mol. The molecule has 0 fully saturated rings. The van der Waals surface area contributed by atoms with Crippen molar-refractivity contribution >= 4 is 33.7 Å². The van der Waals surface area contributed by atoms with Crippen LogP contribution in [0.2, 0.25) is 0 Å². The minimum atomic E-state index is -0.434. The zero-order chi connectivity index (χ0) is 20.2. The Balaban J connectivity index is 1.52. The number of thiazole rings is 1. The van der Waals surface area contributed by atoms with Crippen molar-refractivity contribution in [3.63, 3.8) is 0 Å². The maximum atomic E-state index is 12.3. The van der Waals surface area contributed by atoms with E-state index < -0.39 is 5.63 Å². The van der Waals surface area contributed by atoms with Gasteiger partial charge in [0.15, 0.2) is 11.5 Å². The number of nitrogens with one attached hydrogen (secondary N) is 1. The Labute approximate surface area is 169 Å². The molecule has 29 heavy (non-hydrogen) atoms. The van der Waals surface area contributed by atoms with Crippen LogP contribution < -0.4 is 15.8 Å². The lowest BCUT2D eigenvalue weighted by Crippen LogP contribution is -2.02. The van der Waals surface area contributed by atoms with Crippen molar-refractivity contribution in [3.8, 4) is 22.8 Å². The summed E-state index contributed by atoms with van der Waals surface area (Å²) in [5, 5.41) is 17.0. The van der Waals surface area contributed by atoms with Crippen LogP contribution in [0.1, 0.15) is 12.5 Å². The largest absolute Gasteiger partial charge is 0.504 e. The number of hydrogen-bond donors (Lipinski definition) is 2. The Morgan fingerprint density at radius 3 is 3.00 bits per heavy atom. The number of fused-ring (bicyclic) bond motifs is 1. The van der Waals surface area contributed by atoms with Crippen LogP contribution in [0.4, 0.5) is 5.13 Å². The second-order valence-corrected chi connectivity index (χ2v) is 6.91. The van der Waals surface area contributed by atoms with Crippen LogP contribution in [-0.2, 0) is 0 Å². The minimum Gasteiger partial charge on any atom is -0.504 e. The van der Waals surface area contributed by atoms with E-state index in [4.69, 9.17) is 9.15 Å². The molecule has 0 bridgehead atoms. The van der Waals surface area contributed by atoms with Gasteiger partial charge in [-0.3, -0.25) is 5.43 Å². The Kier molecular flexibility index (Phi) is 5.26. The Morgan fingerprint density at radius 1 is 1.28 bits per heavy atom. The molecule has 0 radical (unpaired) electrons. The molecule has 2 aromatic heterocycles. The van der Waals surface area contributed by atoms with Gasteiger partial charge in [0.05, 0.1) is 24.1 Å². The zero-order valence-corrected chi connectivity index (χ0v) is 16.3. The van der Waals surface area contributed by atoms with E-state index >= 15 is 0 Å². The van der Waals surface area contributed by atoms with Crippen LogP contribution in [-0.4, -0.2) is 22.9 Å². The van der Waals surface area contributed by atoms with Gasteiger partial charge in [0.1, 0.15) is 5.58 Å². The Morgan fingerprint density at radius 2 is 2.14 bits per heavy atom. The van der Waals surface area contributed by atoms with Gasteiger partial charge in [0, 0.05) is 10.8 Å². The molecule has 0 atom stereocenters. The molecule has 0 aliphatic carbocycles. The summed E-state index contributed by atoms with van der Waals surface area (Å²) in [6.45, 7) is 2.30. The summed E-state index contributed by atoms with van der Waals surface area (Å²) in [5.41, 5.74) is 4.63. The standard InChI is InChI=1S/C21H17N3O4S/c1-2-27-19-9-13(7-8-17(19)25)11-22-24-21-23-16(12-29-21)15-10-14-5-3-4-6-18(14)28-20(15)26/h3-12,25H,2H2,1H3,(H,23,24). The first-order valence-electron chi connectivity index (χ1n) is 8.87. The molecule has 146 valence electrons. The number of ether oxygens (including phenoxy) is 1. The van der Waals surface area contributed by atoms with Crippen molar-refractivity contribution < 1.29 is 14.3 Å². The number of benzene rings is 2. The molecule has 2 aromatic carbocycles. The topological polar surface area (TPSA) is 97.0 Å². The first-order chi connectivity index (χ1) is 14.1. The molecule has 8 heteroatoms. The average Bonchev–Trinajstić information content (AvgIpc) is 3.18. The second-order valence-electron chi connectivity index (χ2n) is 6.05. The van der Waals surface area contributed by atoms with Gasteiger partial charge < -0.3 is 14.3 Å². The third kappa shape index (κ3) is 4.12. The van der Waals surface area contributed by atoms with E-state index in [1.807, 2.05) is 25.1 Å². The third-order valence-corrected chi connectivity index (χ3v) is 4.83. The smallest absolute Gasteiger partial charge is 0.345 e. The maximum absolute atomic E-state index is 12.3. The highest BCUT2D eigenvalue weighted by Crippen LogP contribution is 2.27. The van der Waals surface area contributed by atoms with Crippen molar-refractivity contribution in [2.45, 2.75) is 6.92 Å². The second kappa shape index (κ2) is 8.15. The SMILES string of the molecule is CCOc1cc(C=NNc2nc(-c3cc4ccccc4oc3=O)cs2)ccc1O. The Bertz CT molecular complexity index is 1250. The fraction of sp³-hybridized carbons (Fsp3) is 0.0952. The molecule has 0 amide bonds. The van der Waals surface area contributed by atoms with Crippen molar-refractivity contribution in [2.24, 2.45) is 5.10 Å². The molecule has 0 saturated carbocycles. The highest BCUT2D eigenvalue weighted by atomic mass is 32.1. The zero-order valence-electron chi connectivity index (χ0n) is 15.5. The van der Waals surface area contributed by atoms with Crippen LogP contribution >= 0.6 is 11.3 Å². The van der Waals surface area contributed by atoms with Crippen LogP contribution in [0.15, 0.2) is 68.2 Å². The number of phenols is 1. The van der Waals surface area contributed by atoms with Crippen molar-refractivity contribution in [2.75, 3.05) is 12.0 Å². The van der Waals surface area contributed by atoms with Crippen LogP contribution in [0.25, 0.3) is 22.2 Å². The first-order valence-corrected chi connectivity index (χ1v) is 9.75. The van der Waals surface area contributed by atoms with Crippen molar-refractivity contribution in [1.29, 1.82) is 0 Å². The van der Waals surface area contributed by atoms with Gasteiger partial charge in [0.2, 0.25) is 5.13 Å². The third-order valence-electron chi connectivity index (χ3n) is 4.08. The lowest BCUT2D eigenvalue weighted by molar-refractivity contribution is 0.318. The highest BCUT2D eigenvalue weighted by molar-refractivity contribution is 7.14. The molecule has 0 saturated heterocycles. The van der Waals surface area contributed by atoms with E-state index in [-0.39, 0.29) is 5.75 Å². The number of hydrazone groups is 1. The van der Waals surface area contributed by atoms with E-state index in [2.05, 4.69) is 15.5 Å². The number of rotatable bonds is 6. The van der Waals surface area contributed by atoms with Gasteiger partial charge in [-0.05, 0) is 42.8 Å². The predicted octanol–water partition coefficient (Wildman–Crippen LogP) is 4.47. The Hall–Kier alpha value is -3.65. The average molecular weight is 407 g/mol. The van der Waals surface area contributed by atoms with Gasteiger partial charge >= 0.3 is 5.63 Å². The van der Waals surface area contributed by atoms with Gasteiger partial charge in [-0.15, -0.1) is 11.3 Å². The summed E-state index contributed by atoms with van der Waals surface area (Å²) >= 11 is 1.33. The van der Waals surface area contributed by atoms with Crippen LogP contribution in [0.5, 0.6) is 11.5 Å². The van der Waals surface area contributed by atoms with E-state index in [0.717, 1.165) is 10.9 Å². The van der Waals surface area contributed by atoms with Crippen molar-refractivity contribution in [3.05, 3.63) is 69.9 Å². The van der Waals surface area contributed by atoms with E-state index in [1.54, 1.807) is 41.9 Å². The number of para-hydroxylation sites is 1. The maximum Gasteiger partial charge on any atom is 0.345 e. The molecule has 4 rings (SSSR count). The van der Waals surface area contributed by atoms with Gasteiger partial charge in [-0.2, -0.15) is 5.10 Å². The molecule has 7 nitrogen and oxygen atoms in total.